The van der Waals surface area contributed by atoms with Gasteiger partial charge < -0.3 is 15.4 Å². The Bertz CT molecular complexity index is 1220. The van der Waals surface area contributed by atoms with Crippen molar-refractivity contribution in [1.29, 1.82) is 0 Å². The first-order chi connectivity index (χ1) is 16.9. The lowest BCUT2D eigenvalue weighted by molar-refractivity contribution is -0.121. The molecule has 4 rings (SSSR count). The van der Waals surface area contributed by atoms with Gasteiger partial charge >= 0.3 is 6.03 Å². The summed E-state index contributed by atoms with van der Waals surface area (Å²) in [5.74, 6) is 0.298. The highest BCUT2D eigenvalue weighted by Crippen LogP contribution is 2.25. The monoisotopic (exact) mass is 498 g/mol. The van der Waals surface area contributed by atoms with Gasteiger partial charge in [0.15, 0.2) is 5.16 Å². The van der Waals surface area contributed by atoms with Gasteiger partial charge in [0.25, 0.3) is 0 Å². The summed E-state index contributed by atoms with van der Waals surface area (Å²) in [6, 6.07) is 12.2. The van der Waals surface area contributed by atoms with Crippen LogP contribution in [0.2, 0.25) is 0 Å². The number of nitrogens with zero attached hydrogens (tertiary/aromatic N) is 3. The zero-order valence-electron chi connectivity index (χ0n) is 18.8. The Hall–Kier alpha value is -3.93. The molecular formula is C23H23FN6O4S. The summed E-state index contributed by atoms with van der Waals surface area (Å²) >= 11 is 1.19. The molecular weight excluding hydrogens is 475 g/mol. The fourth-order valence-corrected chi connectivity index (χ4v) is 4.34. The maximum Gasteiger partial charge on any atom is 0.321 e. The van der Waals surface area contributed by atoms with Gasteiger partial charge in [-0.3, -0.25) is 19.5 Å². The molecule has 2 aromatic carbocycles. The van der Waals surface area contributed by atoms with E-state index in [2.05, 4.69) is 26.1 Å². The number of urea groups is 1. The highest BCUT2D eigenvalue weighted by molar-refractivity contribution is 7.99. The Balaban J connectivity index is 1.49. The Morgan fingerprint density at radius 1 is 1.23 bits per heavy atom. The van der Waals surface area contributed by atoms with Crippen LogP contribution in [0.25, 0.3) is 5.69 Å². The number of hydrogen-bond acceptors (Lipinski definition) is 7. The van der Waals surface area contributed by atoms with Gasteiger partial charge in [0.1, 0.15) is 17.4 Å². The van der Waals surface area contributed by atoms with E-state index in [0.29, 0.717) is 22.4 Å². The molecule has 12 heteroatoms. The molecule has 0 bridgehead atoms. The predicted molar refractivity (Wildman–Crippen MR) is 126 cm³/mol. The van der Waals surface area contributed by atoms with Gasteiger partial charge in [0.05, 0.1) is 18.6 Å². The summed E-state index contributed by atoms with van der Waals surface area (Å²) in [5.41, 5.74) is 1.50. The van der Waals surface area contributed by atoms with Crippen molar-refractivity contribution in [2.75, 3.05) is 12.9 Å². The number of imide groups is 1. The van der Waals surface area contributed by atoms with E-state index < -0.39 is 12.1 Å². The number of carbonyl (C=O) groups excluding carboxylic acids is 3. The van der Waals surface area contributed by atoms with Gasteiger partial charge in [-0.2, -0.15) is 0 Å². The van der Waals surface area contributed by atoms with E-state index in [-0.39, 0.29) is 42.8 Å². The lowest BCUT2D eigenvalue weighted by Crippen LogP contribution is -2.53. The van der Waals surface area contributed by atoms with Crippen LogP contribution in [0.4, 0.5) is 9.18 Å². The van der Waals surface area contributed by atoms with E-state index in [1.165, 1.54) is 23.9 Å². The van der Waals surface area contributed by atoms with Crippen LogP contribution >= 0.6 is 11.8 Å². The van der Waals surface area contributed by atoms with Gasteiger partial charge in [0, 0.05) is 31.5 Å². The average molecular weight is 499 g/mol. The van der Waals surface area contributed by atoms with Crippen molar-refractivity contribution >= 4 is 29.6 Å². The molecule has 35 heavy (non-hydrogen) atoms. The molecule has 3 N–H and O–H groups in total. The number of thioether (sulfide) groups is 1. The van der Waals surface area contributed by atoms with Crippen LogP contribution in [0.15, 0.2) is 53.7 Å². The van der Waals surface area contributed by atoms with Gasteiger partial charge in [-0.1, -0.05) is 30.0 Å². The molecule has 0 aliphatic carbocycles. The molecule has 182 valence electrons. The van der Waals surface area contributed by atoms with E-state index in [9.17, 15) is 18.8 Å². The van der Waals surface area contributed by atoms with Crippen molar-refractivity contribution in [3.05, 3.63) is 65.7 Å². The first kappa shape index (κ1) is 24.2. The topological polar surface area (TPSA) is 127 Å². The number of aromatic nitrogens is 3. The second-order valence-electron chi connectivity index (χ2n) is 7.75. The number of benzene rings is 2. The summed E-state index contributed by atoms with van der Waals surface area (Å²) in [6.45, 7) is 0.275. The predicted octanol–water partition coefficient (Wildman–Crippen LogP) is 1.96. The lowest BCUT2D eigenvalue weighted by atomic mass is 10.1. The Morgan fingerprint density at radius 3 is 2.77 bits per heavy atom. The lowest BCUT2D eigenvalue weighted by Gasteiger charge is -2.23. The van der Waals surface area contributed by atoms with Crippen LogP contribution < -0.4 is 20.7 Å². The van der Waals surface area contributed by atoms with Crippen molar-refractivity contribution in [2.45, 2.75) is 30.6 Å². The number of ether oxygens (including phenoxy) is 1. The van der Waals surface area contributed by atoms with Crippen LogP contribution in [0.3, 0.4) is 0 Å². The standard InChI is InChI=1S/C23H23FN6O4S/c1-34-18-4-2-3-17(11-18)30-19(9-16-10-20(31)27-22(33)26-16)28-29-23(30)35-13-21(32)25-12-14-5-7-15(24)8-6-14/h2-8,11,16H,9-10,12-13H2,1H3,(H,25,32)(H2,26,27,31,33). The Morgan fingerprint density at radius 2 is 2.03 bits per heavy atom. The minimum atomic E-state index is -0.550. The molecule has 1 fully saturated rings. The number of carbonyl (C=O) groups is 3. The van der Waals surface area contributed by atoms with Crippen molar-refractivity contribution in [3.8, 4) is 11.4 Å². The number of amides is 4. The first-order valence-electron chi connectivity index (χ1n) is 10.7. The largest absolute Gasteiger partial charge is 0.497 e. The van der Waals surface area contributed by atoms with Crippen molar-refractivity contribution in [1.82, 2.24) is 30.7 Å². The molecule has 1 aliphatic heterocycles. The van der Waals surface area contributed by atoms with Crippen molar-refractivity contribution < 1.29 is 23.5 Å². The summed E-state index contributed by atoms with van der Waals surface area (Å²) in [4.78, 5) is 35.9. The number of halogens is 1. The quantitative estimate of drug-likeness (QED) is 0.385. The average Bonchev–Trinajstić information content (AvgIpc) is 3.24. The molecule has 2 heterocycles. The molecule has 0 radical (unpaired) electrons. The molecule has 10 nitrogen and oxygen atoms in total. The smallest absolute Gasteiger partial charge is 0.321 e. The second-order valence-corrected chi connectivity index (χ2v) is 8.70. The normalized spacial score (nSPS) is 15.3. The van der Waals surface area contributed by atoms with E-state index in [4.69, 9.17) is 4.74 Å². The van der Waals surface area contributed by atoms with Crippen LogP contribution in [-0.4, -0.2) is 51.5 Å². The fraction of sp³-hybridized carbons (Fsp3) is 0.261. The highest BCUT2D eigenvalue weighted by Gasteiger charge is 2.27. The maximum atomic E-state index is 13.1. The first-order valence-corrected chi connectivity index (χ1v) is 11.7. The van der Waals surface area contributed by atoms with Crippen LogP contribution in [0.1, 0.15) is 17.8 Å². The van der Waals surface area contributed by atoms with E-state index in [0.717, 1.165) is 5.56 Å². The molecule has 0 spiro atoms. The molecule has 0 saturated carbocycles. The minimum Gasteiger partial charge on any atom is -0.497 e. The number of methoxy groups -OCH3 is 1. The molecule has 3 aromatic rings. The summed E-state index contributed by atoms with van der Waals surface area (Å²) in [5, 5.41) is 16.7. The highest BCUT2D eigenvalue weighted by atomic mass is 32.2. The summed E-state index contributed by atoms with van der Waals surface area (Å²) in [6.07, 6.45) is 0.381. The zero-order chi connectivity index (χ0) is 24.8. The third-order valence-corrected chi connectivity index (χ3v) is 6.13. The fourth-order valence-electron chi connectivity index (χ4n) is 3.54. The number of hydrogen-bond donors (Lipinski definition) is 3. The molecule has 4 amide bonds. The Kier molecular flexibility index (Phi) is 7.60. The molecule has 1 aliphatic rings. The summed E-state index contributed by atoms with van der Waals surface area (Å²) in [7, 11) is 1.56. The third-order valence-electron chi connectivity index (χ3n) is 5.20. The van der Waals surface area contributed by atoms with Crippen molar-refractivity contribution in [3.63, 3.8) is 0 Å². The molecule has 1 saturated heterocycles. The van der Waals surface area contributed by atoms with Crippen LogP contribution in [-0.2, 0) is 22.6 Å². The molecule has 1 atom stereocenters. The Labute approximate surface area is 204 Å². The van der Waals surface area contributed by atoms with E-state index in [1.807, 2.05) is 12.1 Å². The number of nitrogens with one attached hydrogen (secondary N) is 3. The third kappa shape index (κ3) is 6.35. The van der Waals surface area contributed by atoms with E-state index in [1.54, 1.807) is 35.9 Å². The number of rotatable bonds is 9. The zero-order valence-corrected chi connectivity index (χ0v) is 19.6. The van der Waals surface area contributed by atoms with Gasteiger partial charge in [-0.25, -0.2) is 9.18 Å². The van der Waals surface area contributed by atoms with Gasteiger partial charge in [0.2, 0.25) is 11.8 Å². The van der Waals surface area contributed by atoms with Crippen molar-refractivity contribution in [2.24, 2.45) is 0 Å². The van der Waals surface area contributed by atoms with Crippen LogP contribution in [0.5, 0.6) is 5.75 Å². The SMILES string of the molecule is COc1cccc(-n2c(CC3CC(=O)NC(=O)N3)nnc2SCC(=O)NCc2ccc(F)cc2)c1. The van der Waals surface area contributed by atoms with Gasteiger partial charge in [-0.15, -0.1) is 10.2 Å². The molecule has 1 unspecified atom stereocenters. The maximum absolute atomic E-state index is 13.1. The second kappa shape index (κ2) is 11.0. The van der Waals surface area contributed by atoms with E-state index >= 15 is 0 Å². The van der Waals surface area contributed by atoms with Crippen LogP contribution in [0, 0.1) is 5.82 Å². The molecule has 1 aromatic heterocycles. The summed E-state index contributed by atoms with van der Waals surface area (Å²) < 4.78 is 20.2. The van der Waals surface area contributed by atoms with Gasteiger partial charge in [-0.05, 0) is 29.8 Å². The minimum absolute atomic E-state index is 0.0753.